The van der Waals surface area contributed by atoms with Gasteiger partial charge < -0.3 is 25.0 Å². The lowest BCUT2D eigenvalue weighted by atomic mass is 10.2. The second-order valence-electron chi connectivity index (χ2n) is 4.82. The van der Waals surface area contributed by atoms with Gasteiger partial charge in [-0.2, -0.15) is 0 Å². The predicted octanol–water partition coefficient (Wildman–Crippen LogP) is 2.20. The quantitative estimate of drug-likeness (QED) is 0.457. The zero-order valence-electron chi connectivity index (χ0n) is 13.9. The van der Waals surface area contributed by atoms with Crippen LogP contribution in [-0.4, -0.2) is 55.6 Å². The summed E-state index contributed by atoms with van der Waals surface area (Å²) in [5, 5.41) is 18.9. The Morgan fingerprint density at radius 1 is 1.12 bits per heavy atom. The number of ether oxygens (including phenoxy) is 2. The second kappa shape index (κ2) is 13.6. The van der Waals surface area contributed by atoms with Crippen LogP contribution in [0.4, 0.5) is 0 Å². The highest BCUT2D eigenvalue weighted by molar-refractivity contribution is 6.30. The van der Waals surface area contributed by atoms with Crippen molar-refractivity contribution in [1.29, 1.82) is 0 Å². The maximum Gasteiger partial charge on any atom is 0.414 e. The summed E-state index contributed by atoms with van der Waals surface area (Å²) in [6.45, 7) is 5.50. The van der Waals surface area contributed by atoms with E-state index in [0.717, 1.165) is 55.5 Å². The highest BCUT2D eigenvalue weighted by Gasteiger charge is 2.04. The van der Waals surface area contributed by atoms with Crippen LogP contribution in [0.2, 0.25) is 5.02 Å². The van der Waals surface area contributed by atoms with Gasteiger partial charge in [-0.15, -0.1) is 0 Å². The maximum atomic E-state index is 9.10. The average Bonchev–Trinajstić information content (AvgIpc) is 2.52. The molecule has 136 valence electrons. The summed E-state index contributed by atoms with van der Waals surface area (Å²) in [6, 6.07) is 5.69. The van der Waals surface area contributed by atoms with Crippen LogP contribution < -0.4 is 10.1 Å². The molecule has 8 heteroatoms. The fraction of sp³-hybridized carbons (Fsp3) is 0.500. The minimum atomic E-state index is -1.82. The van der Waals surface area contributed by atoms with Crippen molar-refractivity contribution in [3.63, 3.8) is 0 Å². The molecule has 0 aliphatic rings. The van der Waals surface area contributed by atoms with Crippen molar-refractivity contribution in [2.24, 2.45) is 0 Å². The first kappa shape index (κ1) is 22.2. The number of rotatable bonds is 9. The van der Waals surface area contributed by atoms with Crippen LogP contribution in [0.3, 0.4) is 0 Å². The van der Waals surface area contributed by atoms with Crippen molar-refractivity contribution in [2.75, 3.05) is 33.4 Å². The lowest BCUT2D eigenvalue weighted by Gasteiger charge is -2.09. The Morgan fingerprint density at radius 3 is 2.21 bits per heavy atom. The number of carbonyl (C=O) groups is 2. The third-order valence-electron chi connectivity index (χ3n) is 2.78. The molecule has 0 aliphatic heterocycles. The lowest BCUT2D eigenvalue weighted by Crippen LogP contribution is -2.19. The second-order valence-corrected chi connectivity index (χ2v) is 5.25. The van der Waals surface area contributed by atoms with Crippen molar-refractivity contribution in [2.45, 2.75) is 19.8 Å². The van der Waals surface area contributed by atoms with E-state index >= 15 is 0 Å². The van der Waals surface area contributed by atoms with Gasteiger partial charge in [-0.3, -0.25) is 0 Å². The third kappa shape index (κ3) is 11.7. The number of aliphatic carboxylic acids is 2. The van der Waals surface area contributed by atoms with Gasteiger partial charge in [0, 0.05) is 18.7 Å². The Bertz CT molecular complexity index is 497. The molecule has 0 unspecified atom stereocenters. The van der Waals surface area contributed by atoms with Crippen molar-refractivity contribution in [3.05, 3.63) is 28.8 Å². The molecule has 0 saturated heterocycles. The van der Waals surface area contributed by atoms with Gasteiger partial charge in [-0.25, -0.2) is 9.59 Å². The number of aryl methyl sites for hydroxylation is 1. The van der Waals surface area contributed by atoms with Gasteiger partial charge in [0.05, 0.1) is 6.61 Å². The Kier molecular flexibility index (Phi) is 12.6. The van der Waals surface area contributed by atoms with Crippen LogP contribution in [0.25, 0.3) is 0 Å². The van der Waals surface area contributed by atoms with Gasteiger partial charge in [-0.1, -0.05) is 11.6 Å². The zero-order chi connectivity index (χ0) is 18.4. The Labute approximate surface area is 146 Å². The van der Waals surface area contributed by atoms with Gasteiger partial charge in [-0.05, 0) is 56.6 Å². The number of methoxy groups -OCH3 is 1. The summed E-state index contributed by atoms with van der Waals surface area (Å²) < 4.78 is 10.7. The van der Waals surface area contributed by atoms with Crippen LogP contribution in [-0.2, 0) is 14.3 Å². The lowest BCUT2D eigenvalue weighted by molar-refractivity contribution is -0.159. The van der Waals surface area contributed by atoms with E-state index in [4.69, 9.17) is 40.9 Å². The molecule has 24 heavy (non-hydrogen) atoms. The van der Waals surface area contributed by atoms with Gasteiger partial charge in [0.2, 0.25) is 0 Å². The number of benzene rings is 1. The number of carboxylic acids is 2. The minimum Gasteiger partial charge on any atom is -0.493 e. The zero-order valence-corrected chi connectivity index (χ0v) is 14.6. The molecule has 0 atom stereocenters. The molecule has 7 nitrogen and oxygen atoms in total. The van der Waals surface area contributed by atoms with E-state index in [2.05, 4.69) is 5.32 Å². The molecule has 1 aromatic carbocycles. The van der Waals surface area contributed by atoms with Crippen molar-refractivity contribution in [1.82, 2.24) is 5.32 Å². The summed E-state index contributed by atoms with van der Waals surface area (Å²) in [5.74, 6) is -2.73. The van der Waals surface area contributed by atoms with Crippen LogP contribution in [0.1, 0.15) is 18.4 Å². The molecule has 3 N–H and O–H groups in total. The van der Waals surface area contributed by atoms with Gasteiger partial charge in [0.25, 0.3) is 0 Å². The Hall–Kier alpha value is -1.83. The minimum absolute atomic E-state index is 0.722. The Morgan fingerprint density at radius 2 is 1.71 bits per heavy atom. The molecule has 0 heterocycles. The molecular weight excluding hydrogens is 338 g/mol. The molecule has 0 fully saturated rings. The van der Waals surface area contributed by atoms with E-state index in [9.17, 15) is 0 Å². The molecule has 0 saturated carbocycles. The fourth-order valence-electron chi connectivity index (χ4n) is 1.62. The SMILES string of the molecule is COCCCNCCCOc1ccc(Cl)cc1C.O=C(O)C(=O)O. The molecule has 0 radical (unpaired) electrons. The summed E-state index contributed by atoms with van der Waals surface area (Å²) in [7, 11) is 1.72. The maximum absolute atomic E-state index is 9.10. The largest absolute Gasteiger partial charge is 0.493 e. The average molecular weight is 362 g/mol. The van der Waals surface area contributed by atoms with Crippen molar-refractivity contribution in [3.8, 4) is 5.75 Å². The first-order chi connectivity index (χ1) is 11.4. The Balaban J connectivity index is 0.000000754. The van der Waals surface area contributed by atoms with Crippen LogP contribution >= 0.6 is 11.6 Å². The molecule has 0 amide bonds. The number of hydrogen-bond donors (Lipinski definition) is 3. The van der Waals surface area contributed by atoms with Gasteiger partial charge >= 0.3 is 11.9 Å². The molecule has 0 bridgehead atoms. The van der Waals surface area contributed by atoms with E-state index < -0.39 is 11.9 Å². The van der Waals surface area contributed by atoms with E-state index in [-0.39, 0.29) is 0 Å². The molecule has 1 rings (SSSR count). The highest BCUT2D eigenvalue weighted by Crippen LogP contribution is 2.21. The molecular formula is C16H24ClNO6. The fourth-order valence-corrected chi connectivity index (χ4v) is 1.85. The summed E-state index contributed by atoms with van der Waals surface area (Å²) >= 11 is 5.89. The standard InChI is InChI=1S/C14H22ClNO2.C2H2O4/c1-12-11-13(15)5-6-14(12)18-10-4-8-16-7-3-9-17-2;3-1(4)2(5)6/h5-6,11,16H,3-4,7-10H2,1-2H3;(H,3,4)(H,5,6). The topological polar surface area (TPSA) is 105 Å². The van der Waals surface area contributed by atoms with Crippen LogP contribution in [0.15, 0.2) is 18.2 Å². The van der Waals surface area contributed by atoms with E-state index in [1.807, 2.05) is 25.1 Å². The van der Waals surface area contributed by atoms with Gasteiger partial charge in [0.1, 0.15) is 5.75 Å². The summed E-state index contributed by atoms with van der Waals surface area (Å²) in [4.78, 5) is 18.2. The predicted molar refractivity (Wildman–Crippen MR) is 90.9 cm³/mol. The van der Waals surface area contributed by atoms with Crippen molar-refractivity contribution >= 4 is 23.5 Å². The third-order valence-corrected chi connectivity index (χ3v) is 3.01. The number of nitrogens with one attached hydrogen (secondary N) is 1. The summed E-state index contributed by atoms with van der Waals surface area (Å²) in [6.07, 6.45) is 2.04. The van der Waals surface area contributed by atoms with Crippen molar-refractivity contribution < 1.29 is 29.3 Å². The monoisotopic (exact) mass is 361 g/mol. The first-order valence-electron chi connectivity index (χ1n) is 7.43. The molecule has 0 aromatic heterocycles. The molecule has 0 spiro atoms. The van der Waals surface area contributed by atoms with E-state index in [0.29, 0.717) is 0 Å². The molecule has 0 aliphatic carbocycles. The number of hydrogen-bond acceptors (Lipinski definition) is 5. The smallest absolute Gasteiger partial charge is 0.414 e. The van der Waals surface area contributed by atoms with E-state index in [1.165, 1.54) is 0 Å². The normalized spacial score (nSPS) is 9.79. The van der Waals surface area contributed by atoms with Crippen LogP contribution in [0.5, 0.6) is 5.75 Å². The highest BCUT2D eigenvalue weighted by atomic mass is 35.5. The van der Waals surface area contributed by atoms with E-state index in [1.54, 1.807) is 7.11 Å². The first-order valence-corrected chi connectivity index (χ1v) is 7.81. The summed E-state index contributed by atoms with van der Waals surface area (Å²) in [5.41, 5.74) is 1.08. The number of carboxylic acid groups (broad SMARTS) is 2. The molecule has 1 aromatic rings. The number of halogens is 1. The van der Waals surface area contributed by atoms with Crippen LogP contribution in [0, 0.1) is 6.92 Å². The van der Waals surface area contributed by atoms with Gasteiger partial charge in [0.15, 0.2) is 0 Å².